The van der Waals surface area contributed by atoms with Crippen molar-refractivity contribution in [2.45, 2.75) is 19.9 Å². The molecule has 1 unspecified atom stereocenters. The predicted molar refractivity (Wildman–Crippen MR) is 80.4 cm³/mol. The van der Waals surface area contributed by atoms with Crippen LogP contribution in [0.15, 0.2) is 18.2 Å². The van der Waals surface area contributed by atoms with Crippen LogP contribution in [0.5, 0.6) is 0 Å². The third-order valence-corrected chi connectivity index (χ3v) is 4.41. The number of hydrogen-bond acceptors (Lipinski definition) is 3. The second kappa shape index (κ2) is 6.17. The van der Waals surface area contributed by atoms with Crippen LogP contribution in [-0.2, 0) is 4.79 Å². The summed E-state index contributed by atoms with van der Waals surface area (Å²) in [6.45, 7) is 4.30. The Hall–Kier alpha value is -1.69. The van der Waals surface area contributed by atoms with Gasteiger partial charge < -0.3 is 15.3 Å². The van der Waals surface area contributed by atoms with E-state index >= 15 is 0 Å². The molecule has 2 rings (SSSR count). The third-order valence-electron chi connectivity index (χ3n) is 3.39. The Labute approximate surface area is 122 Å². The highest BCUT2D eigenvalue weighted by atomic mass is 32.2. The second-order valence-corrected chi connectivity index (χ2v) is 5.97. The van der Waals surface area contributed by atoms with E-state index < -0.39 is 12.0 Å². The molecule has 1 aliphatic heterocycles. The van der Waals surface area contributed by atoms with Gasteiger partial charge in [-0.2, -0.15) is 11.8 Å². The molecule has 1 aromatic rings. The van der Waals surface area contributed by atoms with Crippen molar-refractivity contribution >= 4 is 29.4 Å². The molecule has 5 nitrogen and oxygen atoms in total. The topological polar surface area (TPSA) is 69.6 Å². The number of carboxylic acids is 1. The van der Waals surface area contributed by atoms with Gasteiger partial charge in [-0.05, 0) is 25.0 Å². The Morgan fingerprint density at radius 2 is 2.00 bits per heavy atom. The van der Waals surface area contributed by atoms with Crippen LogP contribution < -0.4 is 5.32 Å². The minimum atomic E-state index is -0.950. The minimum Gasteiger partial charge on any atom is -0.480 e. The van der Waals surface area contributed by atoms with Gasteiger partial charge in [-0.15, -0.1) is 0 Å². The highest BCUT2D eigenvalue weighted by molar-refractivity contribution is 7.99. The lowest BCUT2D eigenvalue weighted by atomic mass is 10.1. The van der Waals surface area contributed by atoms with Crippen molar-refractivity contribution in [1.29, 1.82) is 0 Å². The van der Waals surface area contributed by atoms with Crippen LogP contribution in [0.2, 0.25) is 0 Å². The van der Waals surface area contributed by atoms with Crippen LogP contribution in [0.25, 0.3) is 0 Å². The first-order chi connectivity index (χ1) is 9.50. The fraction of sp³-hybridized carbons (Fsp3) is 0.429. The van der Waals surface area contributed by atoms with Gasteiger partial charge in [0.05, 0.1) is 0 Å². The lowest BCUT2D eigenvalue weighted by molar-refractivity contribution is -0.141. The molecule has 108 valence electrons. The number of carboxylic acid groups (broad SMARTS) is 1. The summed E-state index contributed by atoms with van der Waals surface area (Å²) in [6.07, 6.45) is 0. The number of rotatable bonds is 2. The molecule has 0 bridgehead atoms. The normalized spacial score (nSPS) is 18.7. The molecule has 1 saturated heterocycles. The van der Waals surface area contributed by atoms with E-state index in [1.165, 1.54) is 4.90 Å². The Kier molecular flexibility index (Phi) is 4.54. The molecule has 1 aliphatic rings. The molecule has 2 N–H and O–H groups in total. The first-order valence-electron chi connectivity index (χ1n) is 6.45. The summed E-state index contributed by atoms with van der Waals surface area (Å²) < 4.78 is 0. The van der Waals surface area contributed by atoms with Crippen molar-refractivity contribution in [2.75, 3.05) is 23.4 Å². The number of carbonyl (C=O) groups excluding carboxylic acids is 1. The van der Waals surface area contributed by atoms with E-state index in [9.17, 15) is 14.7 Å². The van der Waals surface area contributed by atoms with Gasteiger partial charge >= 0.3 is 12.0 Å². The fourth-order valence-corrected chi connectivity index (χ4v) is 3.28. The van der Waals surface area contributed by atoms with Gasteiger partial charge in [0.15, 0.2) is 0 Å². The highest BCUT2D eigenvalue weighted by Crippen LogP contribution is 2.22. The summed E-state index contributed by atoms with van der Waals surface area (Å²) in [4.78, 5) is 25.0. The molecule has 1 atom stereocenters. The Morgan fingerprint density at radius 1 is 1.35 bits per heavy atom. The molecule has 1 heterocycles. The summed E-state index contributed by atoms with van der Waals surface area (Å²) in [6, 6.07) is 4.68. The molecule has 6 heteroatoms. The average Bonchev–Trinajstić information content (AvgIpc) is 2.43. The summed E-state index contributed by atoms with van der Waals surface area (Å²) in [7, 11) is 0. The molecule has 0 radical (unpaired) electrons. The summed E-state index contributed by atoms with van der Waals surface area (Å²) in [5, 5.41) is 12.0. The quantitative estimate of drug-likeness (QED) is 0.878. The summed E-state index contributed by atoms with van der Waals surface area (Å²) in [5.41, 5.74) is 2.70. The summed E-state index contributed by atoms with van der Waals surface area (Å²) in [5.74, 6) is 0.258. The number of benzene rings is 1. The van der Waals surface area contributed by atoms with E-state index in [1.807, 2.05) is 32.0 Å². The van der Waals surface area contributed by atoms with Crippen LogP contribution in [-0.4, -0.2) is 46.1 Å². The summed E-state index contributed by atoms with van der Waals surface area (Å²) >= 11 is 1.56. The Bertz CT molecular complexity index is 513. The standard InChI is InChI=1S/C14H18N2O3S/c1-9-4-3-5-10(2)12(9)15-14(19)16-6-7-20-8-11(16)13(17)18/h3-5,11H,6-8H2,1-2H3,(H,15,19)(H,17,18). The van der Waals surface area contributed by atoms with E-state index in [4.69, 9.17) is 0 Å². The van der Waals surface area contributed by atoms with Crippen molar-refractivity contribution in [3.63, 3.8) is 0 Å². The number of aliphatic carboxylic acids is 1. The highest BCUT2D eigenvalue weighted by Gasteiger charge is 2.32. The number of aryl methyl sites for hydroxylation is 2. The van der Waals surface area contributed by atoms with Gasteiger partial charge in [0, 0.05) is 23.7 Å². The van der Waals surface area contributed by atoms with Crippen molar-refractivity contribution in [1.82, 2.24) is 4.90 Å². The predicted octanol–water partition coefficient (Wildman–Crippen LogP) is 2.34. The molecular weight excluding hydrogens is 276 g/mol. The number of anilines is 1. The third kappa shape index (κ3) is 3.07. The largest absolute Gasteiger partial charge is 0.480 e. The zero-order valence-electron chi connectivity index (χ0n) is 11.5. The zero-order valence-corrected chi connectivity index (χ0v) is 12.4. The van der Waals surface area contributed by atoms with Crippen molar-refractivity contribution < 1.29 is 14.7 Å². The number of urea groups is 1. The maximum atomic E-state index is 12.3. The zero-order chi connectivity index (χ0) is 14.7. The Morgan fingerprint density at radius 3 is 2.60 bits per heavy atom. The number of para-hydroxylation sites is 1. The van der Waals surface area contributed by atoms with Crippen LogP contribution in [0, 0.1) is 13.8 Å². The maximum absolute atomic E-state index is 12.3. The van der Waals surface area contributed by atoms with Crippen molar-refractivity contribution in [3.05, 3.63) is 29.3 Å². The van der Waals surface area contributed by atoms with Gasteiger partial charge in [0.25, 0.3) is 0 Å². The maximum Gasteiger partial charge on any atom is 0.327 e. The van der Waals surface area contributed by atoms with Crippen LogP contribution in [0.1, 0.15) is 11.1 Å². The number of nitrogens with one attached hydrogen (secondary N) is 1. The minimum absolute atomic E-state index is 0.338. The van der Waals surface area contributed by atoms with Crippen LogP contribution in [0.4, 0.5) is 10.5 Å². The van der Waals surface area contributed by atoms with Gasteiger partial charge in [0.2, 0.25) is 0 Å². The molecule has 0 aliphatic carbocycles. The monoisotopic (exact) mass is 294 g/mol. The lowest BCUT2D eigenvalue weighted by Gasteiger charge is -2.32. The SMILES string of the molecule is Cc1cccc(C)c1NC(=O)N1CCSCC1C(=O)O. The molecule has 0 spiro atoms. The first kappa shape index (κ1) is 14.7. The number of nitrogens with zero attached hydrogens (tertiary/aromatic N) is 1. The molecule has 0 saturated carbocycles. The molecule has 1 fully saturated rings. The number of hydrogen-bond donors (Lipinski definition) is 2. The first-order valence-corrected chi connectivity index (χ1v) is 7.60. The number of carbonyl (C=O) groups is 2. The van der Waals surface area contributed by atoms with E-state index in [1.54, 1.807) is 11.8 Å². The van der Waals surface area contributed by atoms with E-state index in [0.717, 1.165) is 22.6 Å². The smallest absolute Gasteiger partial charge is 0.327 e. The van der Waals surface area contributed by atoms with Gasteiger partial charge in [-0.1, -0.05) is 18.2 Å². The van der Waals surface area contributed by atoms with E-state index in [2.05, 4.69) is 5.32 Å². The Balaban J connectivity index is 2.16. The number of amides is 2. The van der Waals surface area contributed by atoms with Crippen LogP contribution >= 0.6 is 11.8 Å². The second-order valence-electron chi connectivity index (χ2n) is 4.82. The average molecular weight is 294 g/mol. The van der Waals surface area contributed by atoms with E-state index in [0.29, 0.717) is 12.3 Å². The van der Waals surface area contributed by atoms with Gasteiger partial charge in [-0.3, -0.25) is 0 Å². The molecule has 0 aromatic heterocycles. The van der Waals surface area contributed by atoms with Gasteiger partial charge in [-0.25, -0.2) is 9.59 Å². The lowest BCUT2D eigenvalue weighted by Crippen LogP contribution is -2.51. The van der Waals surface area contributed by atoms with Crippen molar-refractivity contribution in [2.24, 2.45) is 0 Å². The number of thioether (sulfide) groups is 1. The molecule has 1 aromatic carbocycles. The molecular formula is C14H18N2O3S. The van der Waals surface area contributed by atoms with Crippen LogP contribution in [0.3, 0.4) is 0 Å². The van der Waals surface area contributed by atoms with Crippen molar-refractivity contribution in [3.8, 4) is 0 Å². The van der Waals surface area contributed by atoms with E-state index in [-0.39, 0.29) is 6.03 Å². The van der Waals surface area contributed by atoms with Gasteiger partial charge in [0.1, 0.15) is 6.04 Å². The molecule has 2 amide bonds. The molecule has 20 heavy (non-hydrogen) atoms. The fourth-order valence-electron chi connectivity index (χ4n) is 2.24.